The normalized spacial score (nSPS) is 11.1. The first-order valence-electron chi connectivity index (χ1n) is 5.07. The Bertz CT molecular complexity index is 535. The van der Waals surface area contributed by atoms with Crippen molar-refractivity contribution < 1.29 is 8.42 Å². The second-order valence-corrected chi connectivity index (χ2v) is 5.67. The van der Waals surface area contributed by atoms with E-state index in [0.29, 0.717) is 30.0 Å². The average Bonchev–Trinajstić information content (AvgIpc) is 2.29. The van der Waals surface area contributed by atoms with E-state index in [1.165, 1.54) is 18.2 Å². The highest BCUT2D eigenvalue weighted by Gasteiger charge is 2.14. The largest absolute Gasteiger partial charge is 0.240 e. The summed E-state index contributed by atoms with van der Waals surface area (Å²) in [4.78, 5) is 0.170. The summed E-state index contributed by atoms with van der Waals surface area (Å²) in [5.74, 6) is 0.412. The lowest BCUT2D eigenvalue weighted by Gasteiger charge is -2.07. The van der Waals surface area contributed by atoms with Crippen LogP contribution in [0.15, 0.2) is 23.1 Å². The number of hydrogen-bond acceptors (Lipinski definition) is 3. The van der Waals surface area contributed by atoms with Gasteiger partial charge in [0.25, 0.3) is 0 Å². The number of nitrogens with one attached hydrogen (secondary N) is 1. The Kier molecular flexibility index (Phi) is 4.94. The molecule has 17 heavy (non-hydrogen) atoms. The van der Waals surface area contributed by atoms with Gasteiger partial charge < -0.3 is 0 Å². The van der Waals surface area contributed by atoms with Crippen LogP contribution in [0.2, 0.25) is 0 Å². The number of hydrogen-bond donors (Lipinski definition) is 1. The molecule has 0 unspecified atom stereocenters. The standard InChI is InChI=1S/C11H13ClN2O2S/c1-9-7-11(4-3-10(9)8-13)17(15,16)14-6-2-5-12/h3-4,7,14H,2,5-6H2,1H3. The molecule has 0 aliphatic heterocycles. The van der Waals surface area contributed by atoms with Crippen LogP contribution in [-0.4, -0.2) is 20.8 Å². The van der Waals surface area contributed by atoms with E-state index in [-0.39, 0.29) is 4.90 Å². The van der Waals surface area contributed by atoms with Crippen LogP contribution in [0.1, 0.15) is 17.5 Å². The molecule has 1 aromatic rings. The van der Waals surface area contributed by atoms with E-state index in [0.717, 1.165) is 0 Å². The zero-order valence-corrected chi connectivity index (χ0v) is 11.0. The highest BCUT2D eigenvalue weighted by atomic mass is 35.5. The number of nitrogens with zero attached hydrogens (tertiary/aromatic N) is 1. The first-order valence-corrected chi connectivity index (χ1v) is 7.09. The van der Waals surface area contributed by atoms with E-state index in [4.69, 9.17) is 16.9 Å². The van der Waals surface area contributed by atoms with Crippen LogP contribution >= 0.6 is 11.6 Å². The maximum atomic E-state index is 11.8. The zero-order chi connectivity index (χ0) is 12.9. The quantitative estimate of drug-likeness (QED) is 0.656. The Hall–Kier alpha value is -1.09. The van der Waals surface area contributed by atoms with Gasteiger partial charge in [-0.3, -0.25) is 0 Å². The summed E-state index contributed by atoms with van der Waals surface area (Å²) < 4.78 is 26.1. The lowest BCUT2D eigenvalue weighted by molar-refractivity contribution is 0.581. The lowest BCUT2D eigenvalue weighted by atomic mass is 10.1. The Morgan fingerprint density at radius 1 is 1.47 bits per heavy atom. The molecule has 0 aromatic heterocycles. The summed E-state index contributed by atoms with van der Waals surface area (Å²) >= 11 is 5.47. The molecule has 0 saturated carbocycles. The number of nitriles is 1. The van der Waals surface area contributed by atoms with Gasteiger partial charge >= 0.3 is 0 Å². The molecule has 0 saturated heterocycles. The second-order valence-electron chi connectivity index (χ2n) is 3.53. The van der Waals surface area contributed by atoms with E-state index in [9.17, 15) is 8.42 Å². The van der Waals surface area contributed by atoms with Gasteiger partial charge in [0.2, 0.25) is 10.0 Å². The average molecular weight is 273 g/mol. The second kappa shape index (κ2) is 6.01. The summed E-state index contributed by atoms with van der Waals surface area (Å²) in [6.45, 7) is 2.02. The van der Waals surface area contributed by atoms with Crippen molar-refractivity contribution in [1.29, 1.82) is 5.26 Å². The van der Waals surface area contributed by atoms with Crippen molar-refractivity contribution in [3.63, 3.8) is 0 Å². The summed E-state index contributed by atoms with van der Waals surface area (Å²) in [6, 6.07) is 6.41. The van der Waals surface area contributed by atoms with Gasteiger partial charge in [0.1, 0.15) is 0 Å². The van der Waals surface area contributed by atoms with Crippen LogP contribution in [0, 0.1) is 18.3 Å². The molecule has 1 N–H and O–H groups in total. The van der Waals surface area contributed by atoms with E-state index < -0.39 is 10.0 Å². The Morgan fingerprint density at radius 3 is 2.71 bits per heavy atom. The minimum Gasteiger partial charge on any atom is -0.211 e. The molecular weight excluding hydrogens is 260 g/mol. The predicted molar refractivity (Wildman–Crippen MR) is 66.4 cm³/mol. The molecule has 1 rings (SSSR count). The molecule has 0 heterocycles. The van der Waals surface area contributed by atoms with Gasteiger partial charge in [0.15, 0.2) is 0 Å². The fraction of sp³-hybridized carbons (Fsp3) is 0.364. The summed E-state index contributed by atoms with van der Waals surface area (Å²) in [7, 11) is -3.50. The first kappa shape index (κ1) is 14.0. The summed E-state index contributed by atoms with van der Waals surface area (Å²) in [5.41, 5.74) is 1.12. The van der Waals surface area contributed by atoms with Crippen molar-refractivity contribution in [2.24, 2.45) is 0 Å². The lowest BCUT2D eigenvalue weighted by Crippen LogP contribution is -2.25. The van der Waals surface area contributed by atoms with Crippen LogP contribution in [0.4, 0.5) is 0 Å². The summed E-state index contributed by atoms with van der Waals surface area (Å²) in [5, 5.41) is 8.76. The third-order valence-electron chi connectivity index (χ3n) is 2.23. The van der Waals surface area contributed by atoms with Crippen molar-refractivity contribution in [3.05, 3.63) is 29.3 Å². The third-order valence-corrected chi connectivity index (χ3v) is 3.96. The van der Waals surface area contributed by atoms with Gasteiger partial charge in [0.05, 0.1) is 16.5 Å². The molecule has 6 heteroatoms. The number of benzene rings is 1. The Labute approximate surface area is 106 Å². The number of halogens is 1. The summed E-state index contributed by atoms with van der Waals surface area (Å²) in [6.07, 6.45) is 0.579. The predicted octanol–water partition coefficient (Wildman–Crippen LogP) is 1.77. The van der Waals surface area contributed by atoms with E-state index in [1.807, 2.05) is 6.07 Å². The van der Waals surface area contributed by atoms with Crippen LogP contribution in [0.5, 0.6) is 0 Å². The van der Waals surface area contributed by atoms with Gasteiger partial charge in [-0.1, -0.05) is 0 Å². The smallest absolute Gasteiger partial charge is 0.211 e. The number of sulfonamides is 1. The zero-order valence-electron chi connectivity index (χ0n) is 9.40. The SMILES string of the molecule is Cc1cc(S(=O)(=O)NCCCCl)ccc1C#N. The van der Waals surface area contributed by atoms with Gasteiger partial charge in [-0.15, -0.1) is 11.6 Å². The van der Waals surface area contributed by atoms with Crippen LogP contribution in [0.3, 0.4) is 0 Å². The first-order chi connectivity index (χ1) is 8.01. The molecular formula is C11H13ClN2O2S. The minimum absolute atomic E-state index is 0.170. The molecule has 92 valence electrons. The van der Waals surface area contributed by atoms with E-state index in [2.05, 4.69) is 4.72 Å². The monoisotopic (exact) mass is 272 g/mol. The van der Waals surface area contributed by atoms with E-state index in [1.54, 1.807) is 6.92 Å². The van der Waals surface area contributed by atoms with Crippen molar-refractivity contribution in [1.82, 2.24) is 4.72 Å². The molecule has 0 aliphatic carbocycles. The maximum absolute atomic E-state index is 11.8. The van der Waals surface area contributed by atoms with Crippen LogP contribution in [-0.2, 0) is 10.0 Å². The molecule has 0 atom stereocenters. The Morgan fingerprint density at radius 2 is 2.18 bits per heavy atom. The van der Waals surface area contributed by atoms with Gasteiger partial charge in [-0.2, -0.15) is 5.26 Å². The van der Waals surface area contributed by atoms with Crippen molar-refractivity contribution >= 4 is 21.6 Å². The topological polar surface area (TPSA) is 70.0 Å². The molecule has 0 aliphatic rings. The highest BCUT2D eigenvalue weighted by Crippen LogP contribution is 2.14. The van der Waals surface area contributed by atoms with E-state index >= 15 is 0 Å². The molecule has 0 spiro atoms. The van der Waals surface area contributed by atoms with Gasteiger partial charge in [-0.05, 0) is 37.1 Å². The van der Waals surface area contributed by atoms with Gasteiger partial charge in [0, 0.05) is 12.4 Å². The number of aryl methyl sites for hydroxylation is 1. The maximum Gasteiger partial charge on any atom is 0.240 e. The molecule has 0 bridgehead atoms. The fourth-order valence-corrected chi connectivity index (χ4v) is 2.58. The molecule has 1 aromatic carbocycles. The Balaban J connectivity index is 2.93. The highest BCUT2D eigenvalue weighted by molar-refractivity contribution is 7.89. The molecule has 4 nitrogen and oxygen atoms in total. The van der Waals surface area contributed by atoms with Crippen molar-refractivity contribution in [2.75, 3.05) is 12.4 Å². The fourth-order valence-electron chi connectivity index (χ4n) is 1.29. The number of alkyl halides is 1. The van der Waals surface area contributed by atoms with Crippen molar-refractivity contribution in [3.8, 4) is 6.07 Å². The molecule has 0 fully saturated rings. The minimum atomic E-state index is -3.50. The molecule has 0 amide bonds. The van der Waals surface area contributed by atoms with Gasteiger partial charge in [-0.25, -0.2) is 13.1 Å². The van der Waals surface area contributed by atoms with Crippen LogP contribution in [0.25, 0.3) is 0 Å². The third kappa shape index (κ3) is 3.70. The van der Waals surface area contributed by atoms with Crippen molar-refractivity contribution in [2.45, 2.75) is 18.2 Å². The number of rotatable bonds is 5. The van der Waals surface area contributed by atoms with Crippen LogP contribution < -0.4 is 4.72 Å². The molecule has 0 radical (unpaired) electrons.